The van der Waals surface area contributed by atoms with Gasteiger partial charge in [0.1, 0.15) is 0 Å². The second kappa shape index (κ2) is 4.60. The molecule has 0 bridgehead atoms. The summed E-state index contributed by atoms with van der Waals surface area (Å²) in [6, 6.07) is 0.439. The SMILES string of the molecule is CC(C)CC1NCC(=O)N1C1CCCC1(C)C. The van der Waals surface area contributed by atoms with Crippen molar-refractivity contribution in [2.24, 2.45) is 11.3 Å². The normalized spacial score (nSPS) is 32.8. The number of carbonyl (C=O) groups excluding carboxylic acids is 1. The quantitative estimate of drug-likeness (QED) is 0.818. The summed E-state index contributed by atoms with van der Waals surface area (Å²) in [5.41, 5.74) is 0.289. The summed E-state index contributed by atoms with van der Waals surface area (Å²) in [4.78, 5) is 14.3. The minimum atomic E-state index is 0.268. The Labute approximate surface area is 105 Å². The average Bonchev–Trinajstić information content (AvgIpc) is 2.69. The molecule has 1 aliphatic heterocycles. The van der Waals surface area contributed by atoms with Crippen LogP contribution in [0.5, 0.6) is 0 Å². The molecule has 17 heavy (non-hydrogen) atoms. The van der Waals surface area contributed by atoms with Crippen LogP contribution in [0.3, 0.4) is 0 Å². The van der Waals surface area contributed by atoms with Crippen molar-refractivity contribution in [2.75, 3.05) is 6.54 Å². The van der Waals surface area contributed by atoms with E-state index in [4.69, 9.17) is 0 Å². The fourth-order valence-electron chi connectivity index (χ4n) is 3.43. The van der Waals surface area contributed by atoms with E-state index < -0.39 is 0 Å². The molecule has 3 heteroatoms. The highest BCUT2D eigenvalue weighted by Gasteiger charge is 2.45. The standard InChI is InChI=1S/C14H26N2O/c1-10(2)8-12-15-9-13(17)16(12)11-6-5-7-14(11,3)4/h10-12,15H,5-9H2,1-4H3. The third-order valence-electron chi connectivity index (χ3n) is 4.34. The van der Waals surface area contributed by atoms with Crippen LogP contribution in [0.4, 0.5) is 0 Å². The van der Waals surface area contributed by atoms with E-state index in [0.29, 0.717) is 24.4 Å². The Morgan fingerprint density at radius 3 is 2.71 bits per heavy atom. The summed E-state index contributed by atoms with van der Waals surface area (Å²) in [6.07, 6.45) is 5.02. The van der Waals surface area contributed by atoms with Crippen molar-refractivity contribution >= 4 is 5.91 Å². The third kappa shape index (κ3) is 2.49. The van der Waals surface area contributed by atoms with Gasteiger partial charge < -0.3 is 4.90 Å². The van der Waals surface area contributed by atoms with Gasteiger partial charge in [-0.05, 0) is 30.6 Å². The monoisotopic (exact) mass is 238 g/mol. The highest BCUT2D eigenvalue weighted by Crippen LogP contribution is 2.42. The van der Waals surface area contributed by atoms with E-state index in [0.717, 1.165) is 6.42 Å². The molecule has 2 fully saturated rings. The van der Waals surface area contributed by atoms with Crippen LogP contribution in [0.15, 0.2) is 0 Å². The van der Waals surface area contributed by atoms with Gasteiger partial charge in [-0.25, -0.2) is 0 Å². The van der Waals surface area contributed by atoms with Crippen LogP contribution < -0.4 is 5.32 Å². The molecule has 1 aliphatic carbocycles. The molecule has 1 N–H and O–H groups in total. The highest BCUT2D eigenvalue weighted by molar-refractivity contribution is 5.81. The van der Waals surface area contributed by atoms with E-state index in [-0.39, 0.29) is 11.6 Å². The van der Waals surface area contributed by atoms with Crippen LogP contribution in [0.1, 0.15) is 53.4 Å². The third-order valence-corrected chi connectivity index (χ3v) is 4.34. The summed E-state index contributed by atoms with van der Waals surface area (Å²) in [7, 11) is 0. The predicted molar refractivity (Wildman–Crippen MR) is 69.5 cm³/mol. The molecule has 0 aromatic carbocycles. The zero-order valence-corrected chi connectivity index (χ0v) is 11.6. The van der Waals surface area contributed by atoms with Crippen LogP contribution in [-0.4, -0.2) is 29.6 Å². The Morgan fingerprint density at radius 2 is 2.18 bits per heavy atom. The van der Waals surface area contributed by atoms with Crippen LogP contribution in [0.25, 0.3) is 0 Å². The van der Waals surface area contributed by atoms with Gasteiger partial charge in [0.15, 0.2) is 0 Å². The lowest BCUT2D eigenvalue weighted by atomic mass is 9.86. The lowest BCUT2D eigenvalue weighted by Crippen LogP contribution is -2.49. The zero-order valence-electron chi connectivity index (χ0n) is 11.6. The highest BCUT2D eigenvalue weighted by atomic mass is 16.2. The summed E-state index contributed by atoms with van der Waals surface area (Å²) in [6.45, 7) is 9.60. The van der Waals surface area contributed by atoms with E-state index in [9.17, 15) is 4.79 Å². The van der Waals surface area contributed by atoms with Gasteiger partial charge in [-0.2, -0.15) is 0 Å². The minimum Gasteiger partial charge on any atom is -0.323 e. The Balaban J connectivity index is 2.13. The largest absolute Gasteiger partial charge is 0.323 e. The van der Waals surface area contributed by atoms with Crippen molar-refractivity contribution in [3.63, 3.8) is 0 Å². The molecule has 1 saturated carbocycles. The molecule has 3 nitrogen and oxygen atoms in total. The molecular weight excluding hydrogens is 212 g/mol. The van der Waals surface area contributed by atoms with Crippen molar-refractivity contribution < 1.29 is 4.79 Å². The topological polar surface area (TPSA) is 32.3 Å². The first kappa shape index (κ1) is 12.9. The number of carbonyl (C=O) groups is 1. The number of hydrogen-bond acceptors (Lipinski definition) is 2. The van der Waals surface area contributed by atoms with Crippen LogP contribution in [-0.2, 0) is 4.79 Å². The van der Waals surface area contributed by atoms with Crippen LogP contribution in [0, 0.1) is 11.3 Å². The van der Waals surface area contributed by atoms with Crippen molar-refractivity contribution in [1.82, 2.24) is 10.2 Å². The van der Waals surface area contributed by atoms with Crippen molar-refractivity contribution in [3.8, 4) is 0 Å². The zero-order chi connectivity index (χ0) is 12.6. The molecule has 2 atom stereocenters. The molecule has 0 spiro atoms. The van der Waals surface area contributed by atoms with Crippen LogP contribution >= 0.6 is 0 Å². The summed E-state index contributed by atoms with van der Waals surface area (Å²) < 4.78 is 0. The second-order valence-electron chi connectivity index (χ2n) is 6.72. The van der Waals surface area contributed by atoms with Crippen LogP contribution in [0.2, 0.25) is 0 Å². The van der Waals surface area contributed by atoms with Gasteiger partial charge in [0, 0.05) is 6.04 Å². The molecule has 0 radical (unpaired) electrons. The Hall–Kier alpha value is -0.570. The van der Waals surface area contributed by atoms with Crippen molar-refractivity contribution in [1.29, 1.82) is 0 Å². The molecule has 98 valence electrons. The number of hydrogen-bond donors (Lipinski definition) is 1. The van der Waals surface area contributed by atoms with Gasteiger partial charge in [0.2, 0.25) is 5.91 Å². The first-order chi connectivity index (χ1) is 7.92. The first-order valence-corrected chi connectivity index (χ1v) is 6.96. The van der Waals surface area contributed by atoms with Crippen molar-refractivity contribution in [3.05, 3.63) is 0 Å². The van der Waals surface area contributed by atoms with E-state index in [2.05, 4.69) is 37.9 Å². The maximum atomic E-state index is 12.1. The molecule has 2 aliphatic rings. The smallest absolute Gasteiger partial charge is 0.238 e. The summed E-state index contributed by atoms with van der Waals surface area (Å²) in [5.74, 6) is 0.932. The van der Waals surface area contributed by atoms with Gasteiger partial charge >= 0.3 is 0 Å². The Kier molecular flexibility index (Phi) is 3.48. The number of amides is 1. The van der Waals surface area contributed by atoms with E-state index >= 15 is 0 Å². The molecule has 0 aromatic rings. The van der Waals surface area contributed by atoms with Gasteiger partial charge in [-0.15, -0.1) is 0 Å². The predicted octanol–water partition coefficient (Wildman–Crippen LogP) is 2.37. The maximum absolute atomic E-state index is 12.1. The number of nitrogens with zero attached hydrogens (tertiary/aromatic N) is 1. The lowest BCUT2D eigenvalue weighted by molar-refractivity contribution is -0.132. The molecule has 0 aromatic heterocycles. The summed E-state index contributed by atoms with van der Waals surface area (Å²) in [5, 5.41) is 3.38. The second-order valence-corrected chi connectivity index (χ2v) is 6.72. The molecule has 2 rings (SSSR count). The van der Waals surface area contributed by atoms with Gasteiger partial charge in [-0.3, -0.25) is 10.1 Å². The maximum Gasteiger partial charge on any atom is 0.238 e. The molecule has 2 unspecified atom stereocenters. The molecule has 1 saturated heterocycles. The fraction of sp³-hybridized carbons (Fsp3) is 0.929. The first-order valence-electron chi connectivity index (χ1n) is 6.96. The molecule has 1 amide bonds. The lowest BCUT2D eigenvalue weighted by Gasteiger charge is -2.39. The van der Waals surface area contributed by atoms with E-state index in [1.807, 2.05) is 0 Å². The summed E-state index contributed by atoms with van der Waals surface area (Å²) >= 11 is 0. The molecular formula is C14H26N2O. The minimum absolute atomic E-state index is 0.268. The Morgan fingerprint density at radius 1 is 1.47 bits per heavy atom. The van der Waals surface area contributed by atoms with Gasteiger partial charge in [0.05, 0.1) is 12.7 Å². The van der Waals surface area contributed by atoms with E-state index in [1.54, 1.807) is 0 Å². The van der Waals surface area contributed by atoms with Crippen molar-refractivity contribution in [2.45, 2.75) is 65.6 Å². The van der Waals surface area contributed by atoms with Gasteiger partial charge in [-0.1, -0.05) is 34.1 Å². The Bertz CT molecular complexity index is 299. The average molecular weight is 238 g/mol. The van der Waals surface area contributed by atoms with E-state index in [1.165, 1.54) is 19.3 Å². The fourth-order valence-corrected chi connectivity index (χ4v) is 3.43. The molecule has 1 heterocycles. The van der Waals surface area contributed by atoms with Gasteiger partial charge in [0.25, 0.3) is 0 Å². The number of rotatable bonds is 3. The number of nitrogens with one attached hydrogen (secondary N) is 1.